The minimum atomic E-state index is -2.85. The maximum Gasteiger partial charge on any atom is 0.299 e. The molecule has 0 aromatic heterocycles. The Morgan fingerprint density at radius 1 is 0.875 bits per heavy atom. The molecule has 16 heavy (non-hydrogen) atoms. The lowest BCUT2D eigenvalue weighted by Gasteiger charge is -2.11. The summed E-state index contributed by atoms with van der Waals surface area (Å²) < 4.78 is 28.1. The molecule has 0 fully saturated rings. The fraction of sp³-hybridized carbons (Fsp3) is 0.143. The third kappa shape index (κ3) is 1.07. The molecule has 0 atom stereocenters. The summed E-state index contributed by atoms with van der Waals surface area (Å²) in [5, 5.41) is 0. The lowest BCUT2D eigenvalue weighted by atomic mass is 10.0. The molecule has 0 spiro atoms. The highest BCUT2D eigenvalue weighted by molar-refractivity contribution is 5.79. The van der Waals surface area contributed by atoms with Crippen LogP contribution >= 0.6 is 0 Å². The van der Waals surface area contributed by atoms with Crippen molar-refractivity contribution in [2.24, 2.45) is 0 Å². The van der Waals surface area contributed by atoms with Crippen LogP contribution in [0.2, 0.25) is 0 Å². The fourth-order valence-corrected chi connectivity index (χ4v) is 2.29. The predicted octanol–water partition coefficient (Wildman–Crippen LogP) is 4.12. The van der Waals surface area contributed by atoms with E-state index in [4.69, 9.17) is 0 Å². The molecule has 0 N–H and O–H groups in total. The molecule has 2 aromatic rings. The summed E-state index contributed by atoms with van der Waals surface area (Å²) in [4.78, 5) is 0. The smallest absolute Gasteiger partial charge is 0.196 e. The number of alkyl halides is 2. The molecule has 1 aliphatic rings. The van der Waals surface area contributed by atoms with E-state index in [1.807, 2.05) is 13.0 Å². The van der Waals surface area contributed by atoms with Crippen LogP contribution in [0.3, 0.4) is 0 Å². The van der Waals surface area contributed by atoms with Crippen molar-refractivity contribution in [3.8, 4) is 11.1 Å². The van der Waals surface area contributed by atoms with Gasteiger partial charge in [0.05, 0.1) is 0 Å². The highest BCUT2D eigenvalue weighted by Crippen LogP contribution is 2.50. The van der Waals surface area contributed by atoms with E-state index in [1.54, 1.807) is 24.3 Å². The number of hydrogen-bond donors (Lipinski definition) is 0. The first-order valence-electron chi connectivity index (χ1n) is 5.19. The van der Waals surface area contributed by atoms with E-state index >= 15 is 0 Å². The molecule has 0 saturated heterocycles. The minimum absolute atomic E-state index is 0.121. The van der Waals surface area contributed by atoms with E-state index in [0.29, 0.717) is 11.1 Å². The molecule has 3 rings (SSSR count). The van der Waals surface area contributed by atoms with Gasteiger partial charge >= 0.3 is 0 Å². The Balaban J connectivity index is 2.40. The highest BCUT2D eigenvalue weighted by Gasteiger charge is 2.43. The number of rotatable bonds is 0. The zero-order valence-corrected chi connectivity index (χ0v) is 8.80. The van der Waals surface area contributed by atoms with Crippen molar-refractivity contribution in [1.29, 1.82) is 0 Å². The number of fused-ring (bicyclic) bond motifs is 3. The molecule has 1 aliphatic carbocycles. The maximum absolute atomic E-state index is 14.1. The second-order valence-electron chi connectivity index (χ2n) is 4.17. The molecule has 0 heterocycles. The van der Waals surface area contributed by atoms with Gasteiger partial charge in [0.25, 0.3) is 5.92 Å². The van der Waals surface area contributed by atoms with Crippen molar-refractivity contribution in [2.75, 3.05) is 0 Å². The van der Waals surface area contributed by atoms with Crippen molar-refractivity contribution in [1.82, 2.24) is 0 Å². The Kier molecular flexibility index (Phi) is 1.73. The zero-order chi connectivity index (χ0) is 11.3. The summed E-state index contributed by atoms with van der Waals surface area (Å²) >= 11 is 0. The minimum Gasteiger partial charge on any atom is -0.196 e. The number of benzene rings is 2. The molecule has 0 radical (unpaired) electrons. The van der Waals surface area contributed by atoms with Gasteiger partial charge in [-0.05, 0) is 18.1 Å². The van der Waals surface area contributed by atoms with Crippen LogP contribution in [0.5, 0.6) is 0 Å². The summed E-state index contributed by atoms with van der Waals surface area (Å²) in [6.45, 7) is 1.92. The van der Waals surface area contributed by atoms with Crippen molar-refractivity contribution < 1.29 is 8.78 Å². The molecular formula is C14H10F2. The van der Waals surface area contributed by atoms with Crippen molar-refractivity contribution in [3.05, 3.63) is 59.2 Å². The van der Waals surface area contributed by atoms with Crippen molar-refractivity contribution in [2.45, 2.75) is 12.8 Å². The molecule has 0 bridgehead atoms. The average Bonchev–Trinajstić information content (AvgIpc) is 2.49. The van der Waals surface area contributed by atoms with Crippen LogP contribution in [0.1, 0.15) is 16.7 Å². The van der Waals surface area contributed by atoms with Crippen LogP contribution in [-0.2, 0) is 5.92 Å². The normalized spacial score (nSPS) is 15.7. The maximum atomic E-state index is 14.1. The average molecular weight is 216 g/mol. The predicted molar refractivity (Wildman–Crippen MR) is 59.6 cm³/mol. The van der Waals surface area contributed by atoms with Crippen LogP contribution in [0, 0.1) is 6.92 Å². The molecule has 80 valence electrons. The van der Waals surface area contributed by atoms with Crippen LogP contribution in [-0.4, -0.2) is 0 Å². The number of halogens is 2. The molecule has 0 saturated carbocycles. The standard InChI is InChI=1S/C14H10F2/c1-9-6-7-13-11(8-9)10-4-2-3-5-12(10)14(13,15)16/h2-8H,1H3. The van der Waals surface area contributed by atoms with Gasteiger partial charge < -0.3 is 0 Å². The van der Waals surface area contributed by atoms with Crippen LogP contribution in [0.4, 0.5) is 8.78 Å². The second-order valence-corrected chi connectivity index (χ2v) is 4.17. The first-order chi connectivity index (χ1) is 7.60. The van der Waals surface area contributed by atoms with Gasteiger partial charge in [-0.2, -0.15) is 8.78 Å². The molecule has 2 aromatic carbocycles. The van der Waals surface area contributed by atoms with Gasteiger partial charge in [0, 0.05) is 11.1 Å². The molecule has 0 aliphatic heterocycles. The van der Waals surface area contributed by atoms with Crippen molar-refractivity contribution in [3.63, 3.8) is 0 Å². The number of aryl methyl sites for hydroxylation is 1. The lowest BCUT2D eigenvalue weighted by Crippen LogP contribution is -2.10. The summed E-state index contributed by atoms with van der Waals surface area (Å²) in [7, 11) is 0. The first-order valence-corrected chi connectivity index (χ1v) is 5.19. The van der Waals surface area contributed by atoms with E-state index in [1.165, 1.54) is 12.1 Å². The second kappa shape index (κ2) is 2.91. The third-order valence-corrected chi connectivity index (χ3v) is 3.07. The van der Waals surface area contributed by atoms with Gasteiger partial charge in [-0.25, -0.2) is 0 Å². The van der Waals surface area contributed by atoms with Gasteiger partial charge in [0.1, 0.15) is 0 Å². The van der Waals surface area contributed by atoms with E-state index in [2.05, 4.69) is 0 Å². The van der Waals surface area contributed by atoms with Crippen LogP contribution in [0.15, 0.2) is 42.5 Å². The van der Waals surface area contributed by atoms with E-state index in [9.17, 15) is 8.78 Å². The van der Waals surface area contributed by atoms with Gasteiger partial charge in [-0.15, -0.1) is 0 Å². The summed E-state index contributed by atoms with van der Waals surface area (Å²) in [6, 6.07) is 11.8. The Hall–Kier alpha value is -1.70. The first kappa shape index (κ1) is 9.52. The number of hydrogen-bond acceptors (Lipinski definition) is 0. The van der Waals surface area contributed by atoms with Crippen LogP contribution < -0.4 is 0 Å². The molecule has 0 nitrogen and oxygen atoms in total. The zero-order valence-electron chi connectivity index (χ0n) is 8.80. The molecule has 0 unspecified atom stereocenters. The van der Waals surface area contributed by atoms with Crippen LogP contribution in [0.25, 0.3) is 11.1 Å². The Bertz CT molecular complexity index is 571. The SMILES string of the molecule is Cc1ccc2c(c1)-c1ccccc1C2(F)F. The monoisotopic (exact) mass is 216 g/mol. The van der Waals surface area contributed by atoms with Gasteiger partial charge in [0.15, 0.2) is 0 Å². The Morgan fingerprint density at radius 3 is 2.38 bits per heavy atom. The quantitative estimate of drug-likeness (QED) is 0.621. The topological polar surface area (TPSA) is 0 Å². The van der Waals surface area contributed by atoms with Gasteiger partial charge in [-0.3, -0.25) is 0 Å². The van der Waals surface area contributed by atoms with E-state index in [-0.39, 0.29) is 11.1 Å². The van der Waals surface area contributed by atoms with E-state index in [0.717, 1.165) is 5.56 Å². The van der Waals surface area contributed by atoms with Gasteiger partial charge in [-0.1, -0.05) is 48.0 Å². The summed E-state index contributed by atoms with van der Waals surface area (Å²) in [5.41, 5.74) is 2.58. The molecular weight excluding hydrogens is 206 g/mol. The Labute approximate surface area is 92.5 Å². The largest absolute Gasteiger partial charge is 0.299 e. The van der Waals surface area contributed by atoms with Crippen molar-refractivity contribution >= 4 is 0 Å². The molecule has 0 amide bonds. The summed E-state index contributed by atoms with van der Waals surface area (Å²) in [6.07, 6.45) is 0. The lowest BCUT2D eigenvalue weighted by molar-refractivity contribution is 0.0480. The Morgan fingerprint density at radius 2 is 1.56 bits per heavy atom. The summed E-state index contributed by atoms with van der Waals surface area (Å²) in [5.74, 6) is -2.85. The van der Waals surface area contributed by atoms with Gasteiger partial charge in [0.2, 0.25) is 0 Å². The third-order valence-electron chi connectivity index (χ3n) is 3.07. The molecule has 2 heteroatoms. The van der Waals surface area contributed by atoms with E-state index < -0.39 is 5.92 Å². The fourth-order valence-electron chi connectivity index (χ4n) is 2.29. The highest BCUT2D eigenvalue weighted by atomic mass is 19.3.